The standard InChI is InChI=1S/C8H12N2O3/c1-6(2)12-8(11)13-7(3)4-10-5-9/h4,6-7H,1-3H3. The van der Waals surface area contributed by atoms with Crippen LogP contribution in [-0.4, -0.2) is 24.6 Å². The second-order valence-electron chi connectivity index (χ2n) is 2.62. The lowest BCUT2D eigenvalue weighted by Crippen LogP contribution is -2.19. The number of ether oxygens (including phenoxy) is 2. The molecule has 0 aromatic heterocycles. The Hall–Kier alpha value is -1.57. The van der Waals surface area contributed by atoms with E-state index in [2.05, 4.69) is 4.99 Å². The molecule has 1 atom stereocenters. The first-order valence-corrected chi connectivity index (χ1v) is 3.85. The normalized spacial score (nSPS) is 12.5. The summed E-state index contributed by atoms with van der Waals surface area (Å²) in [6, 6.07) is 0. The molecule has 0 rings (SSSR count). The second-order valence-corrected chi connectivity index (χ2v) is 2.62. The van der Waals surface area contributed by atoms with Crippen molar-refractivity contribution in [2.45, 2.75) is 33.0 Å². The number of hydrogen-bond acceptors (Lipinski definition) is 5. The SMILES string of the molecule is CC(C)OC(=O)OC(C)C=NC#N. The zero-order valence-corrected chi connectivity index (χ0v) is 7.85. The molecule has 0 saturated carbocycles. The van der Waals surface area contributed by atoms with Gasteiger partial charge in [-0.05, 0) is 20.8 Å². The third-order valence-electron chi connectivity index (χ3n) is 0.956. The van der Waals surface area contributed by atoms with E-state index >= 15 is 0 Å². The quantitative estimate of drug-likeness (QED) is 0.378. The molecule has 0 aliphatic heterocycles. The fourth-order valence-electron chi connectivity index (χ4n) is 0.541. The van der Waals surface area contributed by atoms with Crippen LogP contribution in [0.2, 0.25) is 0 Å². The lowest BCUT2D eigenvalue weighted by atomic mass is 10.4. The Kier molecular flexibility index (Phi) is 5.28. The Balaban J connectivity index is 3.79. The van der Waals surface area contributed by atoms with E-state index in [1.165, 1.54) is 6.21 Å². The van der Waals surface area contributed by atoms with Crippen LogP contribution in [0.25, 0.3) is 0 Å². The second kappa shape index (κ2) is 6.00. The van der Waals surface area contributed by atoms with E-state index in [-0.39, 0.29) is 6.10 Å². The maximum atomic E-state index is 10.8. The van der Waals surface area contributed by atoms with Gasteiger partial charge in [0.05, 0.1) is 12.3 Å². The average molecular weight is 184 g/mol. The molecular weight excluding hydrogens is 172 g/mol. The molecule has 0 N–H and O–H groups in total. The van der Waals surface area contributed by atoms with E-state index < -0.39 is 12.3 Å². The highest BCUT2D eigenvalue weighted by Crippen LogP contribution is 1.96. The number of carbonyl (C=O) groups excluding carboxylic acids is 1. The minimum atomic E-state index is -0.758. The number of aliphatic imine (C=N–C) groups is 1. The molecule has 0 radical (unpaired) electrons. The van der Waals surface area contributed by atoms with Gasteiger partial charge in [-0.15, -0.1) is 0 Å². The van der Waals surface area contributed by atoms with E-state index in [9.17, 15) is 4.79 Å². The monoisotopic (exact) mass is 184 g/mol. The third-order valence-corrected chi connectivity index (χ3v) is 0.956. The summed E-state index contributed by atoms with van der Waals surface area (Å²) in [7, 11) is 0. The summed E-state index contributed by atoms with van der Waals surface area (Å²) in [5, 5.41) is 8.08. The molecule has 0 amide bonds. The van der Waals surface area contributed by atoms with Gasteiger partial charge in [0, 0.05) is 0 Å². The maximum absolute atomic E-state index is 10.8. The zero-order valence-electron chi connectivity index (χ0n) is 7.85. The molecule has 0 aromatic rings. The van der Waals surface area contributed by atoms with Crippen LogP contribution in [0, 0.1) is 11.5 Å². The van der Waals surface area contributed by atoms with Crippen molar-refractivity contribution in [3.8, 4) is 6.19 Å². The summed E-state index contributed by atoms with van der Waals surface area (Å²) in [6.45, 7) is 5.02. The Morgan fingerprint density at radius 3 is 2.54 bits per heavy atom. The topological polar surface area (TPSA) is 71.7 Å². The van der Waals surface area contributed by atoms with Crippen molar-refractivity contribution in [1.82, 2.24) is 0 Å². The van der Waals surface area contributed by atoms with Crippen LogP contribution in [0.1, 0.15) is 20.8 Å². The first-order valence-electron chi connectivity index (χ1n) is 3.85. The number of nitrogens with zero attached hydrogens (tertiary/aromatic N) is 2. The van der Waals surface area contributed by atoms with Gasteiger partial charge in [0.2, 0.25) is 6.19 Å². The van der Waals surface area contributed by atoms with Crippen LogP contribution in [0.4, 0.5) is 4.79 Å². The molecule has 5 heteroatoms. The zero-order chi connectivity index (χ0) is 10.3. The molecule has 13 heavy (non-hydrogen) atoms. The first kappa shape index (κ1) is 11.4. The molecule has 72 valence electrons. The van der Waals surface area contributed by atoms with Gasteiger partial charge in [0.25, 0.3) is 0 Å². The van der Waals surface area contributed by atoms with Crippen molar-refractivity contribution in [3.05, 3.63) is 0 Å². The number of hydrogen-bond donors (Lipinski definition) is 0. The van der Waals surface area contributed by atoms with E-state index in [1.54, 1.807) is 27.0 Å². The Labute approximate surface area is 77.0 Å². The Morgan fingerprint density at radius 1 is 1.46 bits per heavy atom. The van der Waals surface area contributed by atoms with Gasteiger partial charge in [-0.3, -0.25) is 0 Å². The van der Waals surface area contributed by atoms with Crippen LogP contribution in [0.3, 0.4) is 0 Å². The predicted molar refractivity (Wildman–Crippen MR) is 46.3 cm³/mol. The molecule has 0 heterocycles. The summed E-state index contributed by atoms with van der Waals surface area (Å²) in [5.41, 5.74) is 0. The number of nitriles is 1. The molecule has 0 fully saturated rings. The summed E-state index contributed by atoms with van der Waals surface area (Å²) in [4.78, 5) is 14.1. The van der Waals surface area contributed by atoms with Gasteiger partial charge >= 0.3 is 6.16 Å². The first-order chi connectivity index (χ1) is 6.06. The summed E-state index contributed by atoms with van der Waals surface area (Å²) >= 11 is 0. The molecule has 0 aliphatic rings. The average Bonchev–Trinajstić information content (AvgIpc) is 1.98. The maximum Gasteiger partial charge on any atom is 0.509 e. The molecule has 0 saturated heterocycles. The summed E-state index contributed by atoms with van der Waals surface area (Å²) < 4.78 is 9.40. The molecule has 1 unspecified atom stereocenters. The van der Waals surface area contributed by atoms with Crippen molar-refractivity contribution in [2.24, 2.45) is 4.99 Å². The van der Waals surface area contributed by atoms with Gasteiger partial charge < -0.3 is 9.47 Å². The van der Waals surface area contributed by atoms with Crippen LogP contribution in [0.5, 0.6) is 0 Å². The fourth-order valence-corrected chi connectivity index (χ4v) is 0.541. The highest BCUT2D eigenvalue weighted by molar-refractivity contribution is 5.69. The van der Waals surface area contributed by atoms with Crippen molar-refractivity contribution < 1.29 is 14.3 Å². The lowest BCUT2D eigenvalue weighted by molar-refractivity contribution is 0.0278. The Bertz CT molecular complexity index is 230. The van der Waals surface area contributed by atoms with Crippen molar-refractivity contribution in [1.29, 1.82) is 5.26 Å². The smallest absolute Gasteiger partial charge is 0.432 e. The highest BCUT2D eigenvalue weighted by atomic mass is 16.7. The molecule has 0 aliphatic carbocycles. The van der Waals surface area contributed by atoms with Crippen LogP contribution >= 0.6 is 0 Å². The fraction of sp³-hybridized carbons (Fsp3) is 0.625. The minimum absolute atomic E-state index is 0.215. The van der Waals surface area contributed by atoms with Crippen molar-refractivity contribution in [3.63, 3.8) is 0 Å². The minimum Gasteiger partial charge on any atom is -0.432 e. The molecule has 5 nitrogen and oxygen atoms in total. The summed E-state index contributed by atoms with van der Waals surface area (Å²) in [6.07, 6.45) is 1.25. The predicted octanol–water partition coefficient (Wildman–Crippen LogP) is 1.49. The van der Waals surface area contributed by atoms with Gasteiger partial charge in [-0.25, -0.2) is 4.79 Å². The molecule has 0 bridgehead atoms. The lowest BCUT2D eigenvalue weighted by Gasteiger charge is -2.10. The Morgan fingerprint density at radius 2 is 2.08 bits per heavy atom. The summed E-state index contributed by atoms with van der Waals surface area (Å²) in [5.74, 6) is 0. The van der Waals surface area contributed by atoms with Crippen LogP contribution in [-0.2, 0) is 9.47 Å². The van der Waals surface area contributed by atoms with Crippen LogP contribution in [0.15, 0.2) is 4.99 Å². The van der Waals surface area contributed by atoms with Gasteiger partial charge in [-0.1, -0.05) is 0 Å². The highest BCUT2D eigenvalue weighted by Gasteiger charge is 2.09. The molecular formula is C8H12N2O3. The largest absolute Gasteiger partial charge is 0.509 e. The number of carbonyl (C=O) groups is 1. The van der Waals surface area contributed by atoms with Gasteiger partial charge in [0.15, 0.2) is 0 Å². The van der Waals surface area contributed by atoms with Crippen LogP contribution < -0.4 is 0 Å². The van der Waals surface area contributed by atoms with E-state index in [1.807, 2.05) is 0 Å². The van der Waals surface area contributed by atoms with E-state index in [0.29, 0.717) is 0 Å². The van der Waals surface area contributed by atoms with E-state index in [0.717, 1.165) is 0 Å². The van der Waals surface area contributed by atoms with E-state index in [4.69, 9.17) is 14.7 Å². The molecule has 0 spiro atoms. The van der Waals surface area contributed by atoms with Crippen molar-refractivity contribution >= 4 is 12.4 Å². The van der Waals surface area contributed by atoms with Crippen molar-refractivity contribution in [2.75, 3.05) is 0 Å². The van der Waals surface area contributed by atoms with Gasteiger partial charge in [-0.2, -0.15) is 10.3 Å². The number of rotatable bonds is 3. The third kappa shape index (κ3) is 6.81. The molecule has 0 aromatic carbocycles. The van der Waals surface area contributed by atoms with Gasteiger partial charge in [0.1, 0.15) is 6.10 Å².